The van der Waals surface area contributed by atoms with E-state index in [-0.39, 0.29) is 17.7 Å². The summed E-state index contributed by atoms with van der Waals surface area (Å²) in [4.78, 5) is 55.3. The van der Waals surface area contributed by atoms with Crippen LogP contribution in [0.1, 0.15) is 53.1 Å². The summed E-state index contributed by atoms with van der Waals surface area (Å²) in [7, 11) is 5.65. The number of alkyl halides is 1. The number of ether oxygens (including phenoxy) is 6. The topological polar surface area (TPSA) is 250 Å². The first-order valence-electron chi connectivity index (χ1n) is 25.9. The van der Waals surface area contributed by atoms with Crippen molar-refractivity contribution >= 4 is 103 Å². The summed E-state index contributed by atoms with van der Waals surface area (Å²) in [6.45, 7) is 6.14. The molecule has 10 rings (SSSR count). The van der Waals surface area contributed by atoms with Gasteiger partial charge in [0.1, 0.15) is 28.8 Å². The van der Waals surface area contributed by atoms with Crippen LogP contribution in [-0.2, 0) is 9.47 Å². The number of esters is 2. The Morgan fingerprint density at radius 1 is 0.610 bits per heavy atom. The third kappa shape index (κ3) is 14.4. The van der Waals surface area contributed by atoms with Crippen molar-refractivity contribution in [3.63, 3.8) is 0 Å². The molecule has 3 aromatic heterocycles. The molecule has 0 bridgehead atoms. The monoisotopic (exact) mass is 1220 g/mol. The summed E-state index contributed by atoms with van der Waals surface area (Å²) < 4.78 is 40.4. The zero-order valence-electron chi connectivity index (χ0n) is 46.7. The van der Waals surface area contributed by atoms with E-state index >= 15 is 0 Å². The maximum Gasteiger partial charge on any atom is 0.338 e. The van der Waals surface area contributed by atoms with Gasteiger partial charge in [0, 0.05) is 82.7 Å². The average Bonchev–Trinajstić information content (AvgIpc) is 4.15. The summed E-state index contributed by atoms with van der Waals surface area (Å²) in [5, 5.41) is 20.2. The Morgan fingerprint density at radius 2 is 1.11 bits per heavy atom. The Labute approximate surface area is 487 Å². The molecule has 2 amide bonds. The minimum absolute atomic E-state index is 0.176. The lowest BCUT2D eigenvalue weighted by Gasteiger charge is -2.14. The number of aryl methyl sites for hydroxylation is 1. The number of halogens is 1. The summed E-state index contributed by atoms with van der Waals surface area (Å²) >= 11 is 1.96. The first kappa shape index (κ1) is 56.7. The highest BCUT2D eigenvalue weighted by Gasteiger charge is 2.18. The number of hydrogen-bond acceptors (Lipinski definition) is 17. The first-order valence-corrected chi connectivity index (χ1v) is 26.7. The van der Waals surface area contributed by atoms with Crippen molar-refractivity contribution in [2.45, 2.75) is 26.7 Å². The van der Waals surface area contributed by atoms with Crippen molar-refractivity contribution in [1.82, 2.24) is 29.7 Å². The van der Waals surface area contributed by atoms with Gasteiger partial charge in [-0.3, -0.25) is 5.32 Å². The molecular weight excluding hydrogens is 1160 g/mol. The van der Waals surface area contributed by atoms with E-state index in [9.17, 15) is 14.4 Å². The lowest BCUT2D eigenvalue weighted by atomic mass is 10.1. The Morgan fingerprint density at radius 3 is 1.62 bits per heavy atom. The van der Waals surface area contributed by atoms with Crippen LogP contribution in [0.4, 0.5) is 45.3 Å². The van der Waals surface area contributed by atoms with E-state index in [0.29, 0.717) is 79.4 Å². The van der Waals surface area contributed by atoms with E-state index in [2.05, 4.69) is 55.1 Å². The zero-order chi connectivity index (χ0) is 59.0. The number of nitrogens with zero attached hydrogens (tertiary/aromatic N) is 6. The number of carbonyl (C=O) groups excluding carboxylic acids is 3. The summed E-state index contributed by atoms with van der Waals surface area (Å²) in [6, 6.07) is 45.0. The lowest BCUT2D eigenvalue weighted by Crippen LogP contribution is -2.21. The van der Waals surface area contributed by atoms with Crippen LogP contribution in [0, 0.1) is 6.92 Å². The van der Waals surface area contributed by atoms with Crippen LogP contribution >= 0.6 is 22.6 Å². The van der Waals surface area contributed by atoms with E-state index in [4.69, 9.17) is 40.6 Å². The number of fused-ring (bicyclic) bond motifs is 2. The normalized spacial score (nSPS) is 10.7. The van der Waals surface area contributed by atoms with Crippen molar-refractivity contribution in [3.8, 4) is 40.4 Å². The van der Waals surface area contributed by atoms with Gasteiger partial charge < -0.3 is 50.1 Å². The third-order valence-electron chi connectivity index (χ3n) is 12.2. The molecule has 0 aliphatic heterocycles. The lowest BCUT2D eigenvalue weighted by molar-refractivity contribution is 0.0591. The van der Waals surface area contributed by atoms with Crippen LogP contribution in [0.5, 0.6) is 34.8 Å². The van der Waals surface area contributed by atoms with Crippen LogP contribution in [-0.4, -0.2) is 81.0 Å². The Hall–Kier alpha value is -10.0. The molecule has 3 heterocycles. The average molecular weight is 1220 g/mol. The minimum Gasteiger partial charge on any atom is -0.497 e. The Bertz CT molecular complexity index is 3920. The number of rotatable bonds is 16. The van der Waals surface area contributed by atoms with Crippen LogP contribution in [0.25, 0.3) is 27.2 Å². The van der Waals surface area contributed by atoms with Crippen LogP contribution < -0.4 is 45.9 Å². The fourth-order valence-electron chi connectivity index (χ4n) is 8.23. The predicted molar refractivity (Wildman–Crippen MR) is 327 cm³/mol. The van der Waals surface area contributed by atoms with Gasteiger partial charge in [0.25, 0.3) is 0 Å². The Kier molecular flexibility index (Phi) is 18.8. The van der Waals surface area contributed by atoms with Gasteiger partial charge in [0.2, 0.25) is 23.7 Å². The highest BCUT2D eigenvalue weighted by atomic mass is 127. The number of urea groups is 1. The molecule has 418 valence electrons. The predicted octanol–water partition coefficient (Wildman–Crippen LogP) is 13.8. The van der Waals surface area contributed by atoms with Gasteiger partial charge in [0.05, 0.1) is 56.6 Å². The van der Waals surface area contributed by atoms with E-state index in [1.54, 1.807) is 89.9 Å². The van der Waals surface area contributed by atoms with Gasteiger partial charge in [-0.15, -0.1) is 0 Å². The molecule has 0 unspecified atom stereocenters. The summed E-state index contributed by atoms with van der Waals surface area (Å²) in [5.74, 6) is 3.02. The molecule has 10 aromatic rings. The number of carbonyl (C=O) groups is 3. The molecule has 21 heteroatoms. The van der Waals surface area contributed by atoms with Gasteiger partial charge in [-0.05, 0) is 78.4 Å². The number of anilines is 7. The Balaban J connectivity index is 0.000000227. The van der Waals surface area contributed by atoms with Crippen LogP contribution in [0.3, 0.4) is 0 Å². The number of nitrogens with one attached hydrogen (secondary N) is 4. The van der Waals surface area contributed by atoms with Crippen molar-refractivity contribution in [2.75, 3.05) is 60.3 Å². The fraction of sp³-hybridized carbons (Fsp3) is 0.148. The van der Waals surface area contributed by atoms with Gasteiger partial charge in [0.15, 0.2) is 0 Å². The second-order valence-corrected chi connectivity index (χ2v) is 18.1. The number of methoxy groups -OCH3 is 4. The highest BCUT2D eigenvalue weighted by molar-refractivity contribution is 14.1. The van der Waals surface area contributed by atoms with Gasteiger partial charge in [-0.25, -0.2) is 29.0 Å². The molecule has 0 saturated carbocycles. The fourth-order valence-corrected chi connectivity index (χ4v) is 8.23. The van der Waals surface area contributed by atoms with Crippen molar-refractivity contribution in [2.24, 2.45) is 0 Å². The molecule has 0 aliphatic carbocycles. The molecule has 7 aromatic carbocycles. The van der Waals surface area contributed by atoms with Gasteiger partial charge in [-0.1, -0.05) is 103 Å². The molecule has 20 nitrogen and oxygen atoms in total. The number of hydrogen-bond donors (Lipinski definition) is 5. The van der Waals surface area contributed by atoms with E-state index in [1.165, 1.54) is 28.4 Å². The molecule has 0 atom stereocenters. The molecule has 0 aliphatic rings. The molecule has 6 N–H and O–H groups in total. The molecule has 82 heavy (non-hydrogen) atoms. The minimum atomic E-state index is -0.503. The standard InChI is InChI=1S/C37H35N7O5.C23H20N4O4.CH3I/c1-22(2)31-21-33(44(43-31)26-12-10-23(3)11-13-26)41-37(46)40-30-14-15-32(29-9-7-6-8-28(29)30)49-34-16-17-38-36(42-34)39-25-18-24(35(45)48-5)19-27(20-25)47-4;1-29-16-12-14(22(28)30-2)11-15(13-16)26-23-25-10-9-21(27-23)31-20-8-7-19(24)17-5-3-4-6-18(17)20;1-2/h6-22H,1-5H3,(H,38,39,42)(H2,40,41,46);3-13H,24H2,1-2H3,(H,25,26,27);1H3/i;;1D. The van der Waals surface area contributed by atoms with Crippen molar-refractivity contribution in [1.29, 1.82) is 0 Å². The van der Waals surface area contributed by atoms with Crippen molar-refractivity contribution in [3.05, 3.63) is 186 Å². The van der Waals surface area contributed by atoms with Gasteiger partial charge in [-0.2, -0.15) is 15.1 Å². The second kappa shape index (κ2) is 27.2. The SMILES string of the molecule is COC(=O)c1cc(Nc2nccc(Oc3ccc(N)c4ccccc34)n2)cc(OC)c1.COC(=O)c1cc(Nc2nccc(Oc3ccc(NC(=O)Nc4cc(C(C)C)nn4-c4ccc(C)cc4)c4ccccc34)n2)cc(OC)c1.[2H]CI. The second-order valence-electron chi connectivity index (χ2n) is 18.1. The molecular formula is C61H58IN11O9. The molecule has 0 spiro atoms. The smallest absolute Gasteiger partial charge is 0.338 e. The molecule has 0 radical (unpaired) electrons. The first-order chi connectivity index (χ1) is 40.2. The summed E-state index contributed by atoms with van der Waals surface area (Å²) in [5.41, 5.74) is 11.9. The maximum absolute atomic E-state index is 13.4. The molecule has 0 fully saturated rings. The van der Waals surface area contributed by atoms with Gasteiger partial charge >= 0.3 is 18.0 Å². The maximum atomic E-state index is 13.4. The number of amides is 2. The largest absolute Gasteiger partial charge is 0.497 e. The van der Waals surface area contributed by atoms with Crippen LogP contribution in [0.15, 0.2) is 164 Å². The van der Waals surface area contributed by atoms with E-state index in [0.717, 1.165) is 38.5 Å². The third-order valence-corrected chi connectivity index (χ3v) is 12.2. The number of benzene rings is 7. The summed E-state index contributed by atoms with van der Waals surface area (Å²) in [6.07, 6.45) is 3.13. The molecule has 0 saturated heterocycles. The van der Waals surface area contributed by atoms with E-state index in [1.807, 2.05) is 108 Å². The number of aromatic nitrogens is 6. The number of nitrogens with two attached hydrogens (primary N) is 1. The number of nitrogen functional groups attached to an aromatic ring is 1. The van der Waals surface area contributed by atoms with Crippen molar-refractivity contribution < 1.29 is 44.2 Å². The highest BCUT2D eigenvalue weighted by Crippen LogP contribution is 2.36. The van der Waals surface area contributed by atoms with E-state index < -0.39 is 18.0 Å². The van der Waals surface area contributed by atoms with Crippen LogP contribution in [0.2, 0.25) is 0 Å². The zero-order valence-corrected chi connectivity index (χ0v) is 47.8. The quantitative estimate of drug-likeness (QED) is 0.0261.